The molecule has 2 aliphatic rings. The molecule has 5 aromatic rings. The van der Waals surface area contributed by atoms with Gasteiger partial charge in [-0.05, 0) is 49.2 Å². The Morgan fingerprint density at radius 1 is 1.05 bits per heavy atom. The van der Waals surface area contributed by atoms with E-state index < -0.39 is 0 Å². The molecular weight excluding hydrogens is 520 g/mol. The lowest BCUT2D eigenvalue weighted by Gasteiger charge is -2.30. The number of benzene rings is 2. The van der Waals surface area contributed by atoms with Crippen LogP contribution in [-0.2, 0) is 18.4 Å². The van der Waals surface area contributed by atoms with Crippen LogP contribution in [0.5, 0.6) is 5.75 Å². The molecule has 1 N–H and O–H groups in total. The third-order valence-corrected chi connectivity index (χ3v) is 7.72. The van der Waals surface area contributed by atoms with Crippen LogP contribution in [0.15, 0.2) is 65.7 Å². The lowest BCUT2D eigenvalue weighted by atomic mass is 10.1. The number of carbonyl (C=O) groups excluding carboxylic acids is 1. The van der Waals surface area contributed by atoms with E-state index in [1.54, 1.807) is 20.5 Å². The van der Waals surface area contributed by atoms with Gasteiger partial charge in [-0.15, -0.1) is 0 Å². The molecule has 1 amide bonds. The highest BCUT2D eigenvalue weighted by Gasteiger charge is 2.27. The van der Waals surface area contributed by atoms with Gasteiger partial charge < -0.3 is 24.4 Å². The van der Waals surface area contributed by atoms with Gasteiger partial charge in [0.15, 0.2) is 12.3 Å². The molecule has 2 aromatic carbocycles. The van der Waals surface area contributed by atoms with Gasteiger partial charge in [0.25, 0.3) is 11.5 Å². The molecule has 41 heavy (non-hydrogen) atoms. The predicted octanol–water partition coefficient (Wildman–Crippen LogP) is 3.96. The van der Waals surface area contributed by atoms with E-state index in [1.165, 1.54) is 0 Å². The van der Waals surface area contributed by atoms with Crippen LogP contribution in [0.4, 0.5) is 23.0 Å². The number of allylic oxidation sites excluding steroid dienone is 2. The first-order valence-electron chi connectivity index (χ1n) is 13.6. The van der Waals surface area contributed by atoms with Crippen molar-refractivity contribution in [2.24, 2.45) is 7.05 Å². The molecule has 208 valence electrons. The van der Waals surface area contributed by atoms with Crippen LogP contribution in [-0.4, -0.2) is 57.1 Å². The van der Waals surface area contributed by atoms with Crippen molar-refractivity contribution in [1.29, 1.82) is 0 Å². The van der Waals surface area contributed by atoms with Crippen molar-refractivity contribution in [3.8, 4) is 11.4 Å². The fraction of sp³-hybridized carbons (Fsp3) is 0.267. The van der Waals surface area contributed by atoms with Gasteiger partial charge in [0, 0.05) is 56.8 Å². The number of anilines is 4. The number of nitrogens with zero attached hydrogens (tertiary/aromatic N) is 7. The zero-order chi connectivity index (χ0) is 28.2. The van der Waals surface area contributed by atoms with Crippen molar-refractivity contribution in [3.05, 3.63) is 71.3 Å². The number of aryl methyl sites for hydroxylation is 1. The Hall–Kier alpha value is -5.06. The molecule has 7 rings (SSSR count). The fourth-order valence-electron chi connectivity index (χ4n) is 5.67. The van der Waals surface area contributed by atoms with E-state index in [4.69, 9.17) is 9.72 Å². The van der Waals surface area contributed by atoms with Crippen LogP contribution < -0.4 is 25.4 Å². The Morgan fingerprint density at radius 3 is 2.78 bits per heavy atom. The van der Waals surface area contributed by atoms with E-state index >= 15 is 0 Å². The SMILES string of the molecule is CN(C)c1cc(Nc2ncc3c(=O)n4n(c3n2)-c2ccc3c(c2)N(CCC/C=C\C4)C(=O)CO3)cc2c1ccn2C. The topological polar surface area (TPSA) is 102 Å². The number of hydrogen-bond donors (Lipinski definition) is 1. The number of fused-ring (bicyclic) bond motifs is 6. The molecule has 0 fully saturated rings. The van der Waals surface area contributed by atoms with Crippen LogP contribution in [0.2, 0.25) is 0 Å². The minimum absolute atomic E-state index is 0.0195. The maximum atomic E-state index is 13.6. The number of aromatic nitrogens is 5. The largest absolute Gasteiger partial charge is 0.482 e. The minimum atomic E-state index is -0.185. The molecule has 11 heteroatoms. The molecule has 5 heterocycles. The number of carbonyl (C=O) groups is 1. The van der Waals surface area contributed by atoms with E-state index in [2.05, 4.69) is 44.0 Å². The summed E-state index contributed by atoms with van der Waals surface area (Å²) in [5, 5.41) is 4.92. The second-order valence-corrected chi connectivity index (χ2v) is 10.6. The third-order valence-electron chi connectivity index (χ3n) is 7.72. The molecule has 11 nitrogen and oxygen atoms in total. The zero-order valence-corrected chi connectivity index (χ0v) is 23.2. The lowest BCUT2D eigenvalue weighted by Crippen LogP contribution is -2.39. The summed E-state index contributed by atoms with van der Waals surface area (Å²) in [6, 6.07) is 11.9. The normalized spacial score (nSPS) is 15.7. The highest BCUT2D eigenvalue weighted by atomic mass is 16.5. The maximum absolute atomic E-state index is 13.6. The Morgan fingerprint density at radius 2 is 1.93 bits per heavy atom. The Labute approximate surface area is 235 Å². The first-order chi connectivity index (χ1) is 19.9. The van der Waals surface area contributed by atoms with Gasteiger partial charge in [-0.25, -0.2) is 14.3 Å². The molecule has 0 unspecified atom stereocenters. The van der Waals surface area contributed by atoms with Crippen molar-refractivity contribution in [3.63, 3.8) is 0 Å². The first-order valence-corrected chi connectivity index (χ1v) is 13.6. The summed E-state index contributed by atoms with van der Waals surface area (Å²) in [6.45, 7) is 0.995. The number of ether oxygens (including phenoxy) is 1. The smallest absolute Gasteiger partial charge is 0.278 e. The second kappa shape index (κ2) is 9.54. The molecular formula is C30H30N8O3. The standard InChI is InChI=1S/C30H30N8O3/c1-34(2)23-14-19(15-24-21(23)10-13-35(24)3)32-30-31-17-22-28(33-30)38-20-8-9-26-25(16-20)36(27(39)18-41-26)11-6-4-5-7-12-37(38)29(22)40/h5,7-10,13-17H,4,6,11-12,18H2,1-3H3,(H,31,32,33)/b7-5-. The molecule has 0 spiro atoms. The lowest BCUT2D eigenvalue weighted by molar-refractivity contribution is -0.121. The van der Waals surface area contributed by atoms with Crippen molar-refractivity contribution >= 4 is 50.9 Å². The summed E-state index contributed by atoms with van der Waals surface area (Å²) in [4.78, 5) is 39.6. The summed E-state index contributed by atoms with van der Waals surface area (Å²) < 4.78 is 11.3. The molecule has 2 aliphatic heterocycles. The Kier molecular flexibility index (Phi) is 5.81. The molecule has 2 bridgehead atoms. The van der Waals surface area contributed by atoms with Crippen molar-refractivity contribution in [2.45, 2.75) is 19.4 Å². The van der Waals surface area contributed by atoms with Gasteiger partial charge in [0.1, 0.15) is 11.1 Å². The monoisotopic (exact) mass is 550 g/mol. The van der Waals surface area contributed by atoms with Crippen molar-refractivity contribution in [2.75, 3.05) is 42.4 Å². The Bertz CT molecular complexity index is 1930. The van der Waals surface area contributed by atoms with E-state index in [9.17, 15) is 9.59 Å². The van der Waals surface area contributed by atoms with Gasteiger partial charge in [0.2, 0.25) is 5.95 Å². The van der Waals surface area contributed by atoms with Gasteiger partial charge >= 0.3 is 0 Å². The van der Waals surface area contributed by atoms with Gasteiger partial charge in [-0.2, -0.15) is 4.98 Å². The molecule has 0 atom stereocenters. The van der Waals surface area contributed by atoms with E-state index in [0.717, 1.165) is 35.1 Å². The average Bonchev–Trinajstić information content (AvgIpc) is 3.46. The van der Waals surface area contributed by atoms with Crippen LogP contribution in [0.3, 0.4) is 0 Å². The maximum Gasteiger partial charge on any atom is 0.278 e. The van der Waals surface area contributed by atoms with Gasteiger partial charge in [0.05, 0.1) is 23.4 Å². The number of amides is 1. The third kappa shape index (κ3) is 4.12. The van der Waals surface area contributed by atoms with Crippen LogP contribution in [0.25, 0.3) is 27.6 Å². The zero-order valence-electron chi connectivity index (χ0n) is 23.2. The quantitative estimate of drug-likeness (QED) is 0.339. The van der Waals surface area contributed by atoms with Crippen molar-refractivity contribution < 1.29 is 9.53 Å². The summed E-state index contributed by atoms with van der Waals surface area (Å²) in [6.07, 6.45) is 9.26. The highest BCUT2D eigenvalue weighted by Crippen LogP contribution is 2.35. The van der Waals surface area contributed by atoms with E-state index in [-0.39, 0.29) is 18.1 Å². The van der Waals surface area contributed by atoms with E-state index in [1.807, 2.05) is 51.6 Å². The number of nitrogens with one attached hydrogen (secondary N) is 1. The first kappa shape index (κ1) is 24.9. The van der Waals surface area contributed by atoms with E-state index in [0.29, 0.717) is 47.2 Å². The predicted molar refractivity (Wildman–Crippen MR) is 160 cm³/mol. The molecule has 0 saturated heterocycles. The summed E-state index contributed by atoms with van der Waals surface area (Å²) in [5.74, 6) is 0.944. The summed E-state index contributed by atoms with van der Waals surface area (Å²) in [5.41, 5.74) is 4.67. The molecule has 0 aliphatic carbocycles. The van der Waals surface area contributed by atoms with Crippen LogP contribution in [0, 0.1) is 0 Å². The summed E-state index contributed by atoms with van der Waals surface area (Å²) >= 11 is 0. The van der Waals surface area contributed by atoms with Gasteiger partial charge in [-0.1, -0.05) is 12.2 Å². The van der Waals surface area contributed by atoms with Crippen LogP contribution in [0.1, 0.15) is 12.8 Å². The molecule has 0 saturated carbocycles. The Balaban J connectivity index is 1.38. The second-order valence-electron chi connectivity index (χ2n) is 10.6. The highest BCUT2D eigenvalue weighted by molar-refractivity contribution is 5.98. The minimum Gasteiger partial charge on any atom is -0.482 e. The number of rotatable bonds is 3. The van der Waals surface area contributed by atoms with Gasteiger partial charge in [-0.3, -0.25) is 9.59 Å². The van der Waals surface area contributed by atoms with Crippen molar-refractivity contribution in [1.82, 2.24) is 23.9 Å². The fourth-order valence-corrected chi connectivity index (χ4v) is 5.67. The molecule has 3 aromatic heterocycles. The summed E-state index contributed by atoms with van der Waals surface area (Å²) in [7, 11) is 6.05. The van der Waals surface area contributed by atoms with Crippen LogP contribution >= 0.6 is 0 Å². The number of hydrogen-bond acceptors (Lipinski definition) is 7. The molecule has 0 radical (unpaired) electrons. The average molecular weight is 551 g/mol.